The van der Waals surface area contributed by atoms with Crippen LogP contribution in [-0.4, -0.2) is 32.8 Å². The maximum atomic E-state index is 13.4. The summed E-state index contributed by atoms with van der Waals surface area (Å²) in [7, 11) is -8.07. The van der Waals surface area contributed by atoms with E-state index in [1.165, 1.54) is 72.8 Å². The molecule has 9 nitrogen and oxygen atoms in total. The minimum Gasteiger partial charge on any atom is -0.508 e. The highest BCUT2D eigenvalue weighted by Gasteiger charge is 2.28. The maximum absolute atomic E-state index is 13.4. The Morgan fingerprint density at radius 1 is 0.568 bits per heavy atom. The highest BCUT2D eigenvalue weighted by molar-refractivity contribution is 7.93. The lowest BCUT2D eigenvalue weighted by Gasteiger charge is -2.20. The zero-order chi connectivity index (χ0) is 26.4. The number of aromatic hydroxyl groups is 2. The van der Waals surface area contributed by atoms with E-state index in [9.17, 15) is 31.8 Å². The molecule has 0 amide bonds. The van der Waals surface area contributed by atoms with Crippen LogP contribution < -0.4 is 9.44 Å². The lowest BCUT2D eigenvalue weighted by molar-refractivity contribution is 0.103. The number of ketones is 1. The minimum absolute atomic E-state index is 0.0133. The topological polar surface area (TPSA) is 150 Å². The summed E-state index contributed by atoms with van der Waals surface area (Å²) in [5.74, 6) is -0.513. The number of sulfonamides is 2. The van der Waals surface area contributed by atoms with Crippen LogP contribution in [0.1, 0.15) is 27.0 Å². The molecule has 0 saturated carbocycles. The van der Waals surface area contributed by atoms with Crippen LogP contribution in [-0.2, 0) is 26.5 Å². The highest BCUT2D eigenvalue weighted by Crippen LogP contribution is 2.31. The molecule has 1 aliphatic rings. The monoisotopic (exact) mass is 536 g/mol. The molecule has 0 atom stereocenters. The van der Waals surface area contributed by atoms with Crippen LogP contribution in [0.5, 0.6) is 11.5 Å². The second-order valence-electron chi connectivity index (χ2n) is 8.45. The quantitative estimate of drug-likeness (QED) is 0.241. The van der Waals surface area contributed by atoms with Crippen LogP contribution in [0.3, 0.4) is 0 Å². The number of hydrogen-bond donors (Lipinski definition) is 4. The molecule has 1 aliphatic carbocycles. The summed E-state index contributed by atoms with van der Waals surface area (Å²) in [6.07, 6.45) is 0.327. The fourth-order valence-corrected chi connectivity index (χ4v) is 6.18. The lowest BCUT2D eigenvalue weighted by atomic mass is 9.85. The van der Waals surface area contributed by atoms with Crippen molar-refractivity contribution in [2.45, 2.75) is 16.2 Å². The second-order valence-corrected chi connectivity index (χ2v) is 11.8. The van der Waals surface area contributed by atoms with Crippen molar-refractivity contribution < 1.29 is 31.8 Å². The van der Waals surface area contributed by atoms with Gasteiger partial charge in [-0.05, 0) is 90.3 Å². The second kappa shape index (κ2) is 8.95. The molecule has 11 heteroatoms. The minimum atomic E-state index is -4.04. The molecule has 0 spiro atoms. The highest BCUT2D eigenvalue weighted by atomic mass is 32.2. The molecule has 0 bridgehead atoms. The Morgan fingerprint density at radius 3 is 1.32 bits per heavy atom. The SMILES string of the molecule is O=C1c2cc(S(=O)(=O)Nc3ccc(O)cc3)ccc2Cc2ccc(S(=O)(=O)Nc3ccc(O)cc3)cc21. The van der Waals surface area contributed by atoms with Crippen LogP contribution in [0.25, 0.3) is 0 Å². The van der Waals surface area contributed by atoms with E-state index in [0.717, 1.165) is 0 Å². The Kier molecular flexibility index (Phi) is 5.89. The van der Waals surface area contributed by atoms with E-state index in [1.54, 1.807) is 12.1 Å². The predicted octanol–water partition coefficient (Wildman–Crippen LogP) is 3.83. The maximum Gasteiger partial charge on any atom is 0.261 e. The number of benzene rings is 4. The van der Waals surface area contributed by atoms with Crippen molar-refractivity contribution in [1.82, 2.24) is 0 Å². The van der Waals surface area contributed by atoms with E-state index in [4.69, 9.17) is 0 Å². The van der Waals surface area contributed by atoms with Gasteiger partial charge in [-0.15, -0.1) is 0 Å². The first kappa shape index (κ1) is 24.3. The van der Waals surface area contributed by atoms with Crippen LogP contribution >= 0.6 is 0 Å². The Labute approximate surface area is 213 Å². The van der Waals surface area contributed by atoms with Crippen molar-refractivity contribution >= 4 is 37.2 Å². The van der Waals surface area contributed by atoms with E-state index >= 15 is 0 Å². The van der Waals surface area contributed by atoms with Gasteiger partial charge in [0, 0.05) is 22.5 Å². The van der Waals surface area contributed by atoms with Crippen molar-refractivity contribution in [3.63, 3.8) is 0 Å². The average Bonchev–Trinajstić information content (AvgIpc) is 2.86. The van der Waals surface area contributed by atoms with E-state index in [0.29, 0.717) is 17.5 Å². The number of hydrogen-bond acceptors (Lipinski definition) is 7. The summed E-state index contributed by atoms with van der Waals surface area (Å²) in [6.45, 7) is 0. The molecule has 5 rings (SSSR count). The van der Waals surface area contributed by atoms with Gasteiger partial charge in [-0.2, -0.15) is 0 Å². The summed E-state index contributed by atoms with van der Waals surface area (Å²) >= 11 is 0. The van der Waals surface area contributed by atoms with Crippen molar-refractivity contribution in [2.75, 3.05) is 9.44 Å². The first-order valence-corrected chi connectivity index (χ1v) is 13.9. The first-order chi connectivity index (χ1) is 17.5. The van der Waals surface area contributed by atoms with Gasteiger partial charge in [-0.3, -0.25) is 14.2 Å². The number of phenols is 2. The fourth-order valence-electron chi connectivity index (χ4n) is 4.01. The predicted molar refractivity (Wildman–Crippen MR) is 137 cm³/mol. The Morgan fingerprint density at radius 2 is 0.946 bits per heavy atom. The van der Waals surface area contributed by atoms with E-state index in [1.807, 2.05) is 0 Å². The number of carbonyl (C=O) groups is 1. The number of anilines is 2. The standard InChI is InChI=1S/C26H20N2O7S2/c29-20-7-3-18(4-8-20)27-36(32,33)22-11-1-16-13-17-2-12-23(15-25(17)26(31)24(16)14-22)37(34,35)28-19-5-9-21(30)10-6-19/h1-12,14-15,27-30H,13H2. The first-order valence-electron chi connectivity index (χ1n) is 11.0. The molecule has 0 heterocycles. The smallest absolute Gasteiger partial charge is 0.261 e. The van der Waals surface area contributed by atoms with E-state index in [-0.39, 0.29) is 43.8 Å². The van der Waals surface area contributed by atoms with Gasteiger partial charge in [-0.1, -0.05) is 12.1 Å². The van der Waals surface area contributed by atoms with Crippen LogP contribution in [0.2, 0.25) is 0 Å². The van der Waals surface area contributed by atoms with Gasteiger partial charge in [-0.25, -0.2) is 16.8 Å². The zero-order valence-corrected chi connectivity index (χ0v) is 20.7. The molecular weight excluding hydrogens is 516 g/mol. The molecule has 0 saturated heterocycles. The molecule has 4 N–H and O–H groups in total. The number of rotatable bonds is 6. The van der Waals surface area contributed by atoms with Gasteiger partial charge >= 0.3 is 0 Å². The van der Waals surface area contributed by atoms with E-state index in [2.05, 4.69) is 9.44 Å². The molecule has 0 aliphatic heterocycles. The molecule has 4 aromatic carbocycles. The summed E-state index contributed by atoms with van der Waals surface area (Å²) in [5, 5.41) is 18.8. The lowest BCUT2D eigenvalue weighted by Crippen LogP contribution is -2.20. The van der Waals surface area contributed by atoms with Crippen LogP contribution in [0.15, 0.2) is 94.7 Å². The summed E-state index contributed by atoms with van der Waals surface area (Å²) in [5.41, 5.74) is 2.06. The summed E-state index contributed by atoms with van der Waals surface area (Å²) < 4.78 is 56.5. The van der Waals surface area contributed by atoms with Crippen LogP contribution in [0, 0.1) is 0 Å². The third kappa shape index (κ3) is 4.86. The summed E-state index contributed by atoms with van der Waals surface area (Å²) in [6, 6.07) is 19.5. The average molecular weight is 537 g/mol. The number of phenolic OH excluding ortho intramolecular Hbond substituents is 2. The molecule has 4 aromatic rings. The molecule has 0 aromatic heterocycles. The zero-order valence-electron chi connectivity index (χ0n) is 19.0. The van der Waals surface area contributed by atoms with Crippen LogP contribution in [0.4, 0.5) is 11.4 Å². The molecule has 37 heavy (non-hydrogen) atoms. The summed E-state index contributed by atoms with van der Waals surface area (Å²) in [4.78, 5) is 13.1. The largest absolute Gasteiger partial charge is 0.508 e. The Balaban J connectivity index is 1.45. The number of carbonyl (C=O) groups excluding carboxylic acids is 1. The Bertz CT molecular complexity index is 1620. The normalized spacial score (nSPS) is 12.9. The Hall–Kier alpha value is -4.35. The van der Waals surface area contributed by atoms with Gasteiger partial charge in [0.25, 0.3) is 20.0 Å². The van der Waals surface area contributed by atoms with Gasteiger partial charge in [0.05, 0.1) is 9.79 Å². The van der Waals surface area contributed by atoms with Gasteiger partial charge in [0.15, 0.2) is 5.78 Å². The van der Waals surface area contributed by atoms with E-state index < -0.39 is 25.8 Å². The number of nitrogens with one attached hydrogen (secondary N) is 2. The van der Waals surface area contributed by atoms with Crippen molar-refractivity contribution in [3.8, 4) is 11.5 Å². The van der Waals surface area contributed by atoms with Crippen molar-refractivity contribution in [3.05, 3.63) is 107 Å². The van der Waals surface area contributed by atoms with Gasteiger partial charge in [0.1, 0.15) is 11.5 Å². The molecule has 0 fully saturated rings. The van der Waals surface area contributed by atoms with Crippen molar-refractivity contribution in [1.29, 1.82) is 0 Å². The fraction of sp³-hybridized carbons (Fsp3) is 0.0385. The molecule has 0 radical (unpaired) electrons. The van der Waals surface area contributed by atoms with Crippen molar-refractivity contribution in [2.24, 2.45) is 0 Å². The molecular formula is C26H20N2O7S2. The number of fused-ring (bicyclic) bond motifs is 2. The molecule has 188 valence electrons. The van der Waals surface area contributed by atoms with Gasteiger partial charge < -0.3 is 10.2 Å². The van der Waals surface area contributed by atoms with Gasteiger partial charge in [0.2, 0.25) is 0 Å². The third-order valence-electron chi connectivity index (χ3n) is 5.89. The third-order valence-corrected chi connectivity index (χ3v) is 8.65. The molecule has 0 unspecified atom stereocenters.